The smallest absolute Gasteiger partial charge is 0.231 e. The van der Waals surface area contributed by atoms with Gasteiger partial charge in [0.15, 0.2) is 0 Å². The Kier molecular flexibility index (Phi) is 3.97. The molecule has 3 nitrogen and oxygen atoms in total. The summed E-state index contributed by atoms with van der Waals surface area (Å²) in [5, 5.41) is 3.25. The fourth-order valence-corrected chi connectivity index (χ4v) is 2.51. The van der Waals surface area contributed by atoms with E-state index in [9.17, 15) is 9.18 Å². The number of para-hydroxylation sites is 1. The molecule has 18 heavy (non-hydrogen) atoms. The third-order valence-electron chi connectivity index (χ3n) is 3.57. The van der Waals surface area contributed by atoms with E-state index >= 15 is 0 Å². The van der Waals surface area contributed by atoms with Crippen LogP contribution in [0.2, 0.25) is 0 Å². The van der Waals surface area contributed by atoms with Crippen LogP contribution >= 0.6 is 0 Å². The Balaban J connectivity index is 2.23. The van der Waals surface area contributed by atoms with Gasteiger partial charge in [-0.2, -0.15) is 0 Å². The number of carbonyl (C=O) groups excluding carboxylic acids is 1. The van der Waals surface area contributed by atoms with Gasteiger partial charge >= 0.3 is 0 Å². The van der Waals surface area contributed by atoms with Gasteiger partial charge < -0.3 is 10.2 Å². The Labute approximate surface area is 107 Å². The van der Waals surface area contributed by atoms with Crippen LogP contribution in [0.4, 0.5) is 10.1 Å². The Morgan fingerprint density at radius 3 is 2.78 bits per heavy atom. The number of halogens is 1. The lowest BCUT2D eigenvalue weighted by Gasteiger charge is -2.26. The molecule has 0 radical (unpaired) electrons. The van der Waals surface area contributed by atoms with Crippen molar-refractivity contribution in [2.75, 3.05) is 18.0 Å². The molecule has 2 unspecified atom stereocenters. The monoisotopic (exact) mass is 250 g/mol. The van der Waals surface area contributed by atoms with Gasteiger partial charge in [-0.15, -0.1) is 0 Å². The highest BCUT2D eigenvalue weighted by Gasteiger charge is 2.33. The van der Waals surface area contributed by atoms with Crippen LogP contribution in [-0.4, -0.2) is 25.0 Å². The van der Waals surface area contributed by atoms with E-state index in [1.54, 1.807) is 23.1 Å². The quantitative estimate of drug-likeness (QED) is 0.891. The van der Waals surface area contributed by atoms with Crippen molar-refractivity contribution >= 4 is 11.6 Å². The summed E-state index contributed by atoms with van der Waals surface area (Å²) in [6, 6.07) is 6.60. The Bertz CT molecular complexity index is 436. The molecule has 1 aromatic rings. The third-order valence-corrected chi connectivity index (χ3v) is 3.57. The summed E-state index contributed by atoms with van der Waals surface area (Å²) in [4.78, 5) is 14.0. The van der Waals surface area contributed by atoms with Crippen LogP contribution in [0.5, 0.6) is 0 Å². The molecule has 1 N–H and O–H groups in total. The molecule has 2 atom stereocenters. The van der Waals surface area contributed by atoms with Crippen molar-refractivity contribution < 1.29 is 9.18 Å². The van der Waals surface area contributed by atoms with Crippen LogP contribution in [0, 0.1) is 11.7 Å². The average molecular weight is 250 g/mol. The lowest BCUT2D eigenvalue weighted by Crippen LogP contribution is -2.40. The predicted molar refractivity (Wildman–Crippen MR) is 70.0 cm³/mol. The highest BCUT2D eigenvalue weighted by atomic mass is 19.1. The Morgan fingerprint density at radius 1 is 1.50 bits per heavy atom. The molecule has 0 aliphatic carbocycles. The normalized spacial score (nSPS) is 23.1. The molecule has 1 aromatic carbocycles. The first-order chi connectivity index (χ1) is 8.65. The number of hydrogen-bond acceptors (Lipinski definition) is 2. The number of rotatable bonds is 3. The van der Waals surface area contributed by atoms with Gasteiger partial charge in [-0.25, -0.2) is 4.39 Å². The van der Waals surface area contributed by atoms with Crippen LogP contribution < -0.4 is 10.2 Å². The van der Waals surface area contributed by atoms with Gasteiger partial charge in [-0.05, 0) is 38.9 Å². The van der Waals surface area contributed by atoms with E-state index in [1.807, 2.05) is 13.8 Å². The molecule has 4 heteroatoms. The summed E-state index contributed by atoms with van der Waals surface area (Å²) < 4.78 is 13.8. The van der Waals surface area contributed by atoms with Crippen molar-refractivity contribution in [1.29, 1.82) is 0 Å². The molecule has 1 heterocycles. The standard InChI is InChI=1S/C14H19FN2O/c1-3-17(13-7-5-4-6-12(13)15)14(18)11-8-9-16-10(11)2/h4-7,10-11,16H,3,8-9H2,1-2H3. The zero-order valence-electron chi connectivity index (χ0n) is 10.8. The van der Waals surface area contributed by atoms with Crippen molar-refractivity contribution in [2.45, 2.75) is 26.3 Å². The molecule has 1 fully saturated rings. The van der Waals surface area contributed by atoms with Crippen LogP contribution in [0.3, 0.4) is 0 Å². The van der Waals surface area contributed by atoms with Gasteiger partial charge in [0.1, 0.15) is 5.82 Å². The molecular weight excluding hydrogens is 231 g/mol. The van der Waals surface area contributed by atoms with Crippen LogP contribution in [0.15, 0.2) is 24.3 Å². The maximum absolute atomic E-state index is 13.8. The maximum Gasteiger partial charge on any atom is 0.231 e. The summed E-state index contributed by atoms with van der Waals surface area (Å²) >= 11 is 0. The number of nitrogens with one attached hydrogen (secondary N) is 1. The molecule has 98 valence electrons. The van der Waals surface area contributed by atoms with E-state index in [-0.39, 0.29) is 23.7 Å². The number of benzene rings is 1. The van der Waals surface area contributed by atoms with Gasteiger partial charge in [0.05, 0.1) is 11.6 Å². The molecule has 1 aliphatic rings. The van der Waals surface area contributed by atoms with Crippen molar-refractivity contribution in [2.24, 2.45) is 5.92 Å². The lowest BCUT2D eigenvalue weighted by molar-refractivity contribution is -0.122. The molecule has 0 aromatic heterocycles. The second kappa shape index (κ2) is 5.48. The fourth-order valence-electron chi connectivity index (χ4n) is 2.51. The largest absolute Gasteiger partial charge is 0.313 e. The molecular formula is C14H19FN2O. The van der Waals surface area contributed by atoms with E-state index in [1.165, 1.54) is 6.07 Å². The summed E-state index contributed by atoms with van der Waals surface area (Å²) in [5.41, 5.74) is 0.379. The summed E-state index contributed by atoms with van der Waals surface area (Å²) in [6.07, 6.45) is 0.824. The number of nitrogens with zero attached hydrogens (tertiary/aromatic N) is 1. The third kappa shape index (κ3) is 2.38. The second-order valence-electron chi connectivity index (χ2n) is 4.67. The average Bonchev–Trinajstić information content (AvgIpc) is 2.78. The van der Waals surface area contributed by atoms with E-state index in [2.05, 4.69) is 5.32 Å². The highest BCUT2D eigenvalue weighted by molar-refractivity contribution is 5.95. The number of amides is 1. The number of carbonyl (C=O) groups is 1. The summed E-state index contributed by atoms with van der Waals surface area (Å²) in [7, 11) is 0. The molecule has 1 saturated heterocycles. The van der Waals surface area contributed by atoms with Gasteiger partial charge in [0, 0.05) is 12.6 Å². The highest BCUT2D eigenvalue weighted by Crippen LogP contribution is 2.24. The van der Waals surface area contributed by atoms with Crippen molar-refractivity contribution in [1.82, 2.24) is 5.32 Å². The van der Waals surface area contributed by atoms with Crippen molar-refractivity contribution in [3.05, 3.63) is 30.1 Å². The molecule has 0 bridgehead atoms. The van der Waals surface area contributed by atoms with E-state index in [0.717, 1.165) is 13.0 Å². The minimum atomic E-state index is -0.341. The fraction of sp³-hybridized carbons (Fsp3) is 0.500. The first-order valence-corrected chi connectivity index (χ1v) is 6.44. The molecule has 1 aliphatic heterocycles. The SMILES string of the molecule is CCN(C(=O)C1CCNC1C)c1ccccc1F. The van der Waals surface area contributed by atoms with Crippen LogP contribution in [-0.2, 0) is 4.79 Å². The topological polar surface area (TPSA) is 32.3 Å². The second-order valence-corrected chi connectivity index (χ2v) is 4.67. The van der Waals surface area contributed by atoms with E-state index in [4.69, 9.17) is 0 Å². The first-order valence-electron chi connectivity index (χ1n) is 6.44. The maximum atomic E-state index is 13.8. The van der Waals surface area contributed by atoms with E-state index < -0.39 is 0 Å². The molecule has 2 rings (SSSR count). The Morgan fingerprint density at radius 2 is 2.22 bits per heavy atom. The van der Waals surface area contributed by atoms with Gasteiger partial charge in [-0.3, -0.25) is 4.79 Å². The molecule has 1 amide bonds. The zero-order valence-corrected chi connectivity index (χ0v) is 10.8. The number of hydrogen-bond donors (Lipinski definition) is 1. The minimum absolute atomic E-state index is 0.0140. The van der Waals surface area contributed by atoms with E-state index in [0.29, 0.717) is 12.2 Å². The predicted octanol–water partition coefficient (Wildman–Crippen LogP) is 2.18. The number of anilines is 1. The summed E-state index contributed by atoms with van der Waals surface area (Å²) in [6.45, 7) is 5.22. The van der Waals surface area contributed by atoms with Crippen molar-refractivity contribution in [3.8, 4) is 0 Å². The Hall–Kier alpha value is -1.42. The van der Waals surface area contributed by atoms with Crippen molar-refractivity contribution in [3.63, 3.8) is 0 Å². The first kappa shape index (κ1) is 13.0. The lowest BCUT2D eigenvalue weighted by atomic mass is 10.00. The summed E-state index contributed by atoms with van der Waals surface area (Å²) in [5.74, 6) is -0.379. The van der Waals surface area contributed by atoms with Gasteiger partial charge in [0.2, 0.25) is 5.91 Å². The minimum Gasteiger partial charge on any atom is -0.313 e. The van der Waals surface area contributed by atoms with Crippen LogP contribution in [0.25, 0.3) is 0 Å². The molecule has 0 spiro atoms. The van der Waals surface area contributed by atoms with Crippen LogP contribution in [0.1, 0.15) is 20.3 Å². The van der Waals surface area contributed by atoms with Gasteiger partial charge in [-0.1, -0.05) is 12.1 Å². The molecule has 0 saturated carbocycles. The van der Waals surface area contributed by atoms with Gasteiger partial charge in [0.25, 0.3) is 0 Å². The zero-order chi connectivity index (χ0) is 13.1.